The van der Waals surface area contributed by atoms with Gasteiger partial charge in [-0.2, -0.15) is 0 Å². The molecule has 0 aromatic carbocycles. The third-order valence-electron chi connectivity index (χ3n) is 2.62. The van der Waals surface area contributed by atoms with Crippen LogP contribution in [0.25, 0.3) is 0 Å². The first-order valence-electron chi connectivity index (χ1n) is 5.39. The molecule has 1 atom stereocenters. The fourth-order valence-electron chi connectivity index (χ4n) is 1.67. The highest BCUT2D eigenvalue weighted by atomic mass is 32.2. The summed E-state index contributed by atoms with van der Waals surface area (Å²) < 4.78 is 25.1. The molecule has 1 unspecified atom stereocenters. The maximum Gasteiger partial charge on any atom is 0.304 e. The molecule has 0 amide bonds. The van der Waals surface area contributed by atoms with Crippen LogP contribution in [-0.2, 0) is 14.8 Å². The average Bonchev–Trinajstić information content (AvgIpc) is 2.68. The first-order chi connectivity index (χ1) is 7.49. The molecule has 0 aliphatic carbocycles. The topological polar surface area (TPSA) is 95.5 Å². The van der Waals surface area contributed by atoms with Gasteiger partial charge in [-0.05, 0) is 31.8 Å². The number of carbonyl (C=O) groups is 1. The van der Waals surface area contributed by atoms with Gasteiger partial charge in [-0.3, -0.25) is 4.79 Å². The van der Waals surface area contributed by atoms with Crippen LogP contribution in [0.5, 0.6) is 0 Å². The molecule has 1 fully saturated rings. The van der Waals surface area contributed by atoms with Crippen molar-refractivity contribution in [3.8, 4) is 0 Å². The van der Waals surface area contributed by atoms with Crippen LogP contribution in [-0.4, -0.2) is 44.9 Å². The van der Waals surface area contributed by atoms with Gasteiger partial charge < -0.3 is 10.4 Å². The molecule has 1 rings (SSSR count). The Bertz CT molecular complexity index is 322. The van der Waals surface area contributed by atoms with E-state index in [9.17, 15) is 13.2 Å². The van der Waals surface area contributed by atoms with E-state index in [1.165, 1.54) is 0 Å². The number of hydrogen-bond acceptors (Lipinski definition) is 4. The monoisotopic (exact) mass is 250 g/mol. The van der Waals surface area contributed by atoms with Gasteiger partial charge in [0.25, 0.3) is 0 Å². The number of rotatable bonds is 7. The van der Waals surface area contributed by atoms with Crippen LogP contribution in [0.1, 0.15) is 19.3 Å². The zero-order chi connectivity index (χ0) is 12.0. The molecular formula is C9H18N2O4S. The molecule has 1 aliphatic rings. The Balaban J connectivity index is 2.17. The van der Waals surface area contributed by atoms with Gasteiger partial charge >= 0.3 is 5.97 Å². The summed E-state index contributed by atoms with van der Waals surface area (Å²) in [7, 11) is -3.42. The van der Waals surface area contributed by atoms with Crippen LogP contribution < -0.4 is 10.0 Å². The van der Waals surface area contributed by atoms with E-state index in [0.29, 0.717) is 12.5 Å². The van der Waals surface area contributed by atoms with Gasteiger partial charge in [-0.1, -0.05) is 0 Å². The summed E-state index contributed by atoms with van der Waals surface area (Å²) in [6, 6.07) is 0. The van der Waals surface area contributed by atoms with Crippen LogP contribution in [0.4, 0.5) is 0 Å². The van der Waals surface area contributed by atoms with E-state index < -0.39 is 16.0 Å². The maximum absolute atomic E-state index is 11.3. The Morgan fingerprint density at radius 3 is 2.81 bits per heavy atom. The lowest BCUT2D eigenvalue weighted by Gasteiger charge is -2.09. The quantitative estimate of drug-likeness (QED) is 0.559. The number of carboxylic acids is 1. The van der Waals surface area contributed by atoms with Crippen molar-refractivity contribution in [3.63, 3.8) is 0 Å². The summed E-state index contributed by atoms with van der Waals surface area (Å²) in [4.78, 5) is 10.2. The smallest absolute Gasteiger partial charge is 0.304 e. The van der Waals surface area contributed by atoms with Crippen molar-refractivity contribution in [1.82, 2.24) is 10.0 Å². The molecule has 16 heavy (non-hydrogen) atoms. The van der Waals surface area contributed by atoms with Gasteiger partial charge in [0.15, 0.2) is 0 Å². The predicted octanol–water partition coefficient (Wildman–Crippen LogP) is -0.620. The highest BCUT2D eigenvalue weighted by molar-refractivity contribution is 7.89. The van der Waals surface area contributed by atoms with E-state index >= 15 is 0 Å². The molecule has 1 aliphatic heterocycles. The highest BCUT2D eigenvalue weighted by Gasteiger charge is 2.16. The first-order valence-corrected chi connectivity index (χ1v) is 7.05. The van der Waals surface area contributed by atoms with Crippen LogP contribution in [0.15, 0.2) is 0 Å². The molecule has 0 radical (unpaired) electrons. The van der Waals surface area contributed by atoms with Crippen molar-refractivity contribution in [3.05, 3.63) is 0 Å². The van der Waals surface area contributed by atoms with E-state index in [-0.39, 0.29) is 12.2 Å². The molecule has 1 heterocycles. The maximum atomic E-state index is 11.3. The van der Waals surface area contributed by atoms with Crippen molar-refractivity contribution in [2.45, 2.75) is 19.3 Å². The van der Waals surface area contributed by atoms with Crippen molar-refractivity contribution < 1.29 is 18.3 Å². The van der Waals surface area contributed by atoms with E-state index in [1.807, 2.05) is 0 Å². The Hall–Kier alpha value is -0.660. The van der Waals surface area contributed by atoms with Gasteiger partial charge in [0.1, 0.15) is 0 Å². The SMILES string of the molecule is O=C(O)CCS(=O)(=O)NCCC1CCNC1. The van der Waals surface area contributed by atoms with Gasteiger partial charge in [0, 0.05) is 6.54 Å². The molecule has 6 nitrogen and oxygen atoms in total. The Labute approximate surface area is 95.5 Å². The normalized spacial score (nSPS) is 21.1. The van der Waals surface area contributed by atoms with Crippen LogP contribution in [0.2, 0.25) is 0 Å². The zero-order valence-corrected chi connectivity index (χ0v) is 9.92. The molecule has 0 spiro atoms. The second-order valence-corrected chi connectivity index (χ2v) is 5.93. The van der Waals surface area contributed by atoms with Gasteiger partial charge in [0.2, 0.25) is 10.0 Å². The molecule has 0 aromatic rings. The summed E-state index contributed by atoms with van der Waals surface area (Å²) in [6.07, 6.45) is 1.54. The van der Waals surface area contributed by atoms with E-state index in [2.05, 4.69) is 10.0 Å². The predicted molar refractivity (Wildman–Crippen MR) is 59.6 cm³/mol. The lowest BCUT2D eigenvalue weighted by Crippen LogP contribution is -2.29. The van der Waals surface area contributed by atoms with E-state index in [0.717, 1.165) is 25.9 Å². The van der Waals surface area contributed by atoms with Crippen LogP contribution in [0.3, 0.4) is 0 Å². The summed E-state index contributed by atoms with van der Waals surface area (Å²) in [5, 5.41) is 11.6. The Morgan fingerprint density at radius 1 is 1.50 bits per heavy atom. The fourth-order valence-corrected chi connectivity index (χ4v) is 2.69. The van der Waals surface area contributed by atoms with Crippen LogP contribution >= 0.6 is 0 Å². The average molecular weight is 250 g/mol. The molecular weight excluding hydrogens is 232 g/mol. The number of hydrogen-bond donors (Lipinski definition) is 3. The minimum Gasteiger partial charge on any atom is -0.481 e. The van der Waals surface area contributed by atoms with Gasteiger partial charge in [0.05, 0.1) is 12.2 Å². The first kappa shape index (κ1) is 13.4. The number of aliphatic carboxylic acids is 1. The summed E-state index contributed by atoms with van der Waals surface area (Å²) in [5.41, 5.74) is 0. The van der Waals surface area contributed by atoms with Gasteiger partial charge in [-0.15, -0.1) is 0 Å². The lowest BCUT2D eigenvalue weighted by atomic mass is 10.1. The van der Waals surface area contributed by atoms with Crippen molar-refractivity contribution in [1.29, 1.82) is 0 Å². The van der Waals surface area contributed by atoms with Crippen LogP contribution in [0, 0.1) is 5.92 Å². The van der Waals surface area contributed by atoms with Crippen molar-refractivity contribution in [2.75, 3.05) is 25.4 Å². The number of sulfonamides is 1. The van der Waals surface area contributed by atoms with Crippen molar-refractivity contribution in [2.24, 2.45) is 5.92 Å². The molecule has 1 saturated heterocycles. The molecule has 0 aromatic heterocycles. The van der Waals surface area contributed by atoms with E-state index in [1.54, 1.807) is 0 Å². The zero-order valence-electron chi connectivity index (χ0n) is 9.11. The number of nitrogens with one attached hydrogen (secondary N) is 2. The Kier molecular flexibility index (Phi) is 5.17. The standard InChI is InChI=1S/C9H18N2O4S/c12-9(13)3-6-16(14,15)11-5-2-8-1-4-10-7-8/h8,10-11H,1-7H2,(H,12,13). The minimum atomic E-state index is -3.42. The fraction of sp³-hybridized carbons (Fsp3) is 0.889. The molecule has 0 bridgehead atoms. The molecule has 7 heteroatoms. The second kappa shape index (κ2) is 6.17. The lowest BCUT2D eigenvalue weighted by molar-refractivity contribution is -0.136. The molecule has 0 saturated carbocycles. The second-order valence-electron chi connectivity index (χ2n) is 4.00. The molecule has 94 valence electrons. The minimum absolute atomic E-state index is 0.342. The summed E-state index contributed by atoms with van der Waals surface area (Å²) >= 11 is 0. The van der Waals surface area contributed by atoms with Crippen molar-refractivity contribution >= 4 is 16.0 Å². The van der Waals surface area contributed by atoms with E-state index in [4.69, 9.17) is 5.11 Å². The Morgan fingerprint density at radius 2 is 2.25 bits per heavy atom. The third-order valence-corrected chi connectivity index (χ3v) is 4.01. The number of carboxylic acid groups (broad SMARTS) is 1. The van der Waals surface area contributed by atoms with Gasteiger partial charge in [-0.25, -0.2) is 13.1 Å². The highest BCUT2D eigenvalue weighted by Crippen LogP contribution is 2.10. The summed E-state index contributed by atoms with van der Waals surface area (Å²) in [5.74, 6) is -0.904. The molecule has 3 N–H and O–H groups in total. The third kappa shape index (κ3) is 5.43. The largest absolute Gasteiger partial charge is 0.481 e. The summed E-state index contributed by atoms with van der Waals surface area (Å²) in [6.45, 7) is 2.33.